The molecule has 106 valence electrons. The first kappa shape index (κ1) is 15.0. The number of H-pyrrole nitrogens is 1. The van der Waals surface area contributed by atoms with Crippen LogP contribution in [0.3, 0.4) is 0 Å². The van der Waals surface area contributed by atoms with Crippen LogP contribution in [0, 0.1) is 5.92 Å². The SMILES string of the molecule is CCC(NC(=O)N[C@H](C(=O)O)C(C)C)c1ncc[nH]1. The van der Waals surface area contributed by atoms with E-state index in [1.807, 2.05) is 6.92 Å². The Bertz CT molecular complexity index is 417. The molecule has 19 heavy (non-hydrogen) atoms. The summed E-state index contributed by atoms with van der Waals surface area (Å²) in [5.74, 6) is -0.586. The van der Waals surface area contributed by atoms with Crippen LogP contribution in [0.15, 0.2) is 12.4 Å². The number of carboxylic acid groups (broad SMARTS) is 1. The smallest absolute Gasteiger partial charge is 0.326 e. The van der Waals surface area contributed by atoms with E-state index in [0.29, 0.717) is 12.2 Å². The number of nitrogens with zero attached hydrogens (tertiary/aromatic N) is 1. The molecule has 4 N–H and O–H groups in total. The average molecular weight is 268 g/mol. The molecule has 2 atom stereocenters. The van der Waals surface area contributed by atoms with E-state index in [-0.39, 0.29) is 12.0 Å². The summed E-state index contributed by atoms with van der Waals surface area (Å²) < 4.78 is 0. The molecule has 1 aromatic heterocycles. The van der Waals surface area contributed by atoms with Gasteiger partial charge in [0, 0.05) is 12.4 Å². The van der Waals surface area contributed by atoms with Gasteiger partial charge in [-0.05, 0) is 12.3 Å². The van der Waals surface area contributed by atoms with Gasteiger partial charge in [0.25, 0.3) is 0 Å². The molecule has 1 heterocycles. The average Bonchev–Trinajstić information content (AvgIpc) is 2.85. The first-order valence-electron chi connectivity index (χ1n) is 6.24. The third-order valence-corrected chi connectivity index (χ3v) is 2.78. The van der Waals surface area contributed by atoms with Gasteiger partial charge in [0.1, 0.15) is 11.9 Å². The molecule has 0 aliphatic rings. The van der Waals surface area contributed by atoms with Gasteiger partial charge in [-0.3, -0.25) is 0 Å². The minimum Gasteiger partial charge on any atom is -0.480 e. The molecule has 0 fully saturated rings. The van der Waals surface area contributed by atoms with E-state index in [9.17, 15) is 9.59 Å². The minimum absolute atomic E-state index is 0.188. The number of imidazole rings is 1. The van der Waals surface area contributed by atoms with Crippen LogP contribution in [0.1, 0.15) is 39.1 Å². The molecule has 7 heteroatoms. The number of rotatable bonds is 6. The van der Waals surface area contributed by atoms with E-state index in [1.54, 1.807) is 26.2 Å². The molecule has 1 rings (SSSR count). The van der Waals surface area contributed by atoms with E-state index >= 15 is 0 Å². The number of amides is 2. The van der Waals surface area contributed by atoms with Gasteiger partial charge in [0.15, 0.2) is 0 Å². The Hall–Kier alpha value is -2.05. The Labute approximate surface area is 111 Å². The highest BCUT2D eigenvalue weighted by Gasteiger charge is 2.24. The van der Waals surface area contributed by atoms with Gasteiger partial charge in [0.2, 0.25) is 0 Å². The van der Waals surface area contributed by atoms with Gasteiger partial charge in [-0.15, -0.1) is 0 Å². The topological polar surface area (TPSA) is 107 Å². The molecule has 0 saturated heterocycles. The van der Waals surface area contributed by atoms with Crippen LogP contribution in [0.4, 0.5) is 4.79 Å². The normalized spacial score (nSPS) is 13.9. The predicted molar refractivity (Wildman–Crippen MR) is 69.5 cm³/mol. The Morgan fingerprint density at radius 1 is 1.42 bits per heavy atom. The van der Waals surface area contributed by atoms with Crippen molar-refractivity contribution in [2.45, 2.75) is 39.3 Å². The van der Waals surface area contributed by atoms with Crippen molar-refractivity contribution in [3.8, 4) is 0 Å². The van der Waals surface area contributed by atoms with Crippen molar-refractivity contribution >= 4 is 12.0 Å². The third kappa shape index (κ3) is 4.27. The zero-order chi connectivity index (χ0) is 14.4. The number of urea groups is 1. The zero-order valence-corrected chi connectivity index (χ0v) is 11.3. The molecule has 1 unspecified atom stereocenters. The van der Waals surface area contributed by atoms with Crippen molar-refractivity contribution in [3.05, 3.63) is 18.2 Å². The van der Waals surface area contributed by atoms with Gasteiger partial charge in [-0.2, -0.15) is 0 Å². The maximum atomic E-state index is 11.8. The summed E-state index contributed by atoms with van der Waals surface area (Å²) in [5.41, 5.74) is 0. The molecule has 1 aromatic rings. The molecule has 0 radical (unpaired) electrons. The number of hydrogen-bond acceptors (Lipinski definition) is 3. The monoisotopic (exact) mass is 268 g/mol. The number of hydrogen-bond donors (Lipinski definition) is 4. The Balaban J connectivity index is 2.61. The molecule has 0 aromatic carbocycles. The summed E-state index contributed by atoms with van der Waals surface area (Å²) in [4.78, 5) is 29.8. The number of aliphatic carboxylic acids is 1. The van der Waals surface area contributed by atoms with E-state index in [4.69, 9.17) is 5.11 Å². The number of carbonyl (C=O) groups is 2. The van der Waals surface area contributed by atoms with E-state index in [0.717, 1.165) is 0 Å². The van der Waals surface area contributed by atoms with Crippen molar-refractivity contribution < 1.29 is 14.7 Å². The molecular formula is C12H20N4O3. The van der Waals surface area contributed by atoms with Crippen LogP contribution in [-0.2, 0) is 4.79 Å². The van der Waals surface area contributed by atoms with Crippen LogP contribution in [-0.4, -0.2) is 33.1 Å². The second-order valence-electron chi connectivity index (χ2n) is 4.61. The van der Waals surface area contributed by atoms with Crippen molar-refractivity contribution in [1.82, 2.24) is 20.6 Å². The molecule has 0 aliphatic carbocycles. The van der Waals surface area contributed by atoms with E-state index < -0.39 is 18.0 Å². The molecule has 7 nitrogen and oxygen atoms in total. The lowest BCUT2D eigenvalue weighted by Gasteiger charge is -2.21. The van der Waals surface area contributed by atoms with E-state index in [1.165, 1.54) is 0 Å². The minimum atomic E-state index is -1.05. The van der Waals surface area contributed by atoms with E-state index in [2.05, 4.69) is 20.6 Å². The van der Waals surface area contributed by atoms with Gasteiger partial charge >= 0.3 is 12.0 Å². The first-order chi connectivity index (χ1) is 8.95. The summed E-state index contributed by atoms with van der Waals surface area (Å²) in [7, 11) is 0. The van der Waals surface area contributed by atoms with Gasteiger partial charge in [-0.1, -0.05) is 20.8 Å². The van der Waals surface area contributed by atoms with Crippen molar-refractivity contribution in [2.24, 2.45) is 5.92 Å². The highest BCUT2D eigenvalue weighted by atomic mass is 16.4. The Kier molecular flexibility index (Phi) is 5.35. The largest absolute Gasteiger partial charge is 0.480 e. The second kappa shape index (κ2) is 6.77. The number of nitrogens with one attached hydrogen (secondary N) is 3. The fourth-order valence-electron chi connectivity index (χ4n) is 1.69. The fraction of sp³-hybridized carbons (Fsp3) is 0.583. The number of aromatic amines is 1. The summed E-state index contributed by atoms with van der Waals surface area (Å²) in [6.07, 6.45) is 3.93. The highest BCUT2D eigenvalue weighted by Crippen LogP contribution is 2.11. The van der Waals surface area contributed by atoms with Crippen LogP contribution in [0.25, 0.3) is 0 Å². The van der Waals surface area contributed by atoms with Gasteiger partial charge in [0.05, 0.1) is 6.04 Å². The third-order valence-electron chi connectivity index (χ3n) is 2.78. The molecular weight excluding hydrogens is 248 g/mol. The second-order valence-corrected chi connectivity index (χ2v) is 4.61. The van der Waals surface area contributed by atoms with Crippen LogP contribution >= 0.6 is 0 Å². The lowest BCUT2D eigenvalue weighted by Crippen LogP contribution is -2.49. The van der Waals surface area contributed by atoms with Gasteiger partial charge in [-0.25, -0.2) is 14.6 Å². The molecule has 0 bridgehead atoms. The number of carboxylic acids is 1. The molecule has 0 spiro atoms. The number of carbonyl (C=O) groups excluding carboxylic acids is 1. The first-order valence-corrected chi connectivity index (χ1v) is 6.24. The van der Waals surface area contributed by atoms with Crippen LogP contribution in [0.2, 0.25) is 0 Å². The summed E-state index contributed by atoms with van der Waals surface area (Å²) >= 11 is 0. The number of aromatic nitrogens is 2. The molecule has 0 saturated carbocycles. The van der Waals surface area contributed by atoms with Crippen LogP contribution in [0.5, 0.6) is 0 Å². The predicted octanol–water partition coefficient (Wildman–Crippen LogP) is 1.27. The maximum absolute atomic E-state index is 11.8. The molecule has 0 aliphatic heterocycles. The zero-order valence-electron chi connectivity index (χ0n) is 11.3. The molecule has 2 amide bonds. The quantitative estimate of drug-likeness (QED) is 0.623. The summed E-state index contributed by atoms with van der Waals surface area (Å²) in [6, 6.07) is -1.69. The van der Waals surface area contributed by atoms with Gasteiger partial charge < -0.3 is 20.7 Å². The van der Waals surface area contributed by atoms with Crippen molar-refractivity contribution in [3.63, 3.8) is 0 Å². The highest BCUT2D eigenvalue weighted by molar-refractivity contribution is 5.82. The maximum Gasteiger partial charge on any atom is 0.326 e. The van der Waals surface area contributed by atoms with Crippen LogP contribution < -0.4 is 10.6 Å². The Morgan fingerprint density at radius 2 is 2.11 bits per heavy atom. The lowest BCUT2D eigenvalue weighted by molar-refractivity contribution is -0.140. The standard InChI is InChI=1S/C12H20N4O3/c1-4-8(10-13-5-6-14-10)15-12(19)16-9(7(2)3)11(17)18/h5-9H,4H2,1-3H3,(H,13,14)(H,17,18)(H2,15,16,19)/t8?,9-/m0/s1. The summed E-state index contributed by atoms with van der Waals surface area (Å²) in [6.45, 7) is 5.39. The fourth-order valence-corrected chi connectivity index (χ4v) is 1.69. The van der Waals surface area contributed by atoms with Crippen molar-refractivity contribution in [1.29, 1.82) is 0 Å². The lowest BCUT2D eigenvalue weighted by atomic mass is 10.1. The van der Waals surface area contributed by atoms with Crippen molar-refractivity contribution in [2.75, 3.05) is 0 Å². The Morgan fingerprint density at radius 3 is 2.53 bits per heavy atom. The summed E-state index contributed by atoms with van der Waals surface area (Å²) in [5, 5.41) is 14.2.